The topological polar surface area (TPSA) is 88.5 Å². The number of nitrogens with two attached hydrogens (primary N) is 1. The summed E-state index contributed by atoms with van der Waals surface area (Å²) in [4.78, 5) is 13.4. The minimum Gasteiger partial charge on any atom is -0.461 e. The molecular weight excluding hydrogens is 324 g/mol. The molecule has 0 aliphatic heterocycles. The number of carbonyl (C=O) groups excluding carboxylic acids is 1. The Morgan fingerprint density at radius 1 is 1.25 bits per heavy atom. The number of benzene rings is 1. The summed E-state index contributed by atoms with van der Waals surface area (Å²) in [5.41, 5.74) is 6.78. The molecule has 24 heavy (non-hydrogen) atoms. The number of furan rings is 1. The molecular formula is C18H20N2O3S. The van der Waals surface area contributed by atoms with Crippen molar-refractivity contribution in [1.29, 1.82) is 0 Å². The van der Waals surface area contributed by atoms with Gasteiger partial charge in [0, 0.05) is 23.1 Å². The van der Waals surface area contributed by atoms with Crippen LogP contribution in [0.3, 0.4) is 0 Å². The molecule has 0 saturated carbocycles. The van der Waals surface area contributed by atoms with Gasteiger partial charge in [-0.1, -0.05) is 24.3 Å². The second kappa shape index (κ2) is 7.61. The molecule has 0 aliphatic rings. The number of hydrogen-bond donors (Lipinski definition) is 3. The van der Waals surface area contributed by atoms with Gasteiger partial charge in [-0.05, 0) is 23.6 Å². The normalized spacial score (nSPS) is 13.8. The van der Waals surface area contributed by atoms with Crippen molar-refractivity contribution in [3.63, 3.8) is 0 Å². The van der Waals surface area contributed by atoms with E-state index in [1.165, 1.54) is 0 Å². The van der Waals surface area contributed by atoms with Crippen molar-refractivity contribution in [3.8, 4) is 0 Å². The van der Waals surface area contributed by atoms with Crippen LogP contribution in [0, 0.1) is 0 Å². The third kappa shape index (κ3) is 4.03. The largest absolute Gasteiger partial charge is 0.461 e. The molecule has 0 radical (unpaired) electrons. The Kier molecular flexibility index (Phi) is 5.30. The van der Waals surface area contributed by atoms with Crippen molar-refractivity contribution in [3.05, 3.63) is 58.5 Å². The molecule has 3 aromatic rings. The molecule has 0 aliphatic carbocycles. The number of thiophene rings is 1. The van der Waals surface area contributed by atoms with Gasteiger partial charge in [-0.2, -0.15) is 0 Å². The quantitative estimate of drug-likeness (QED) is 0.612. The first kappa shape index (κ1) is 16.7. The standard InChI is InChI=1S/C18H20N2O3S/c19-16(10-14-8-12-4-1-2-6-17(12)23-14)18(22)20-13(11-21)9-15-5-3-7-24-15/h1-8,13,16,21H,9-11,19H2,(H,20,22). The summed E-state index contributed by atoms with van der Waals surface area (Å²) in [6.45, 7) is -0.124. The second-order valence-electron chi connectivity index (χ2n) is 5.73. The lowest BCUT2D eigenvalue weighted by molar-refractivity contribution is -0.123. The van der Waals surface area contributed by atoms with Crippen LogP contribution in [-0.2, 0) is 17.6 Å². The van der Waals surface area contributed by atoms with Crippen LogP contribution in [0.1, 0.15) is 10.6 Å². The zero-order chi connectivity index (χ0) is 16.9. The zero-order valence-corrected chi connectivity index (χ0v) is 14.0. The first-order valence-corrected chi connectivity index (χ1v) is 8.70. The highest BCUT2D eigenvalue weighted by atomic mass is 32.1. The monoisotopic (exact) mass is 344 g/mol. The summed E-state index contributed by atoms with van der Waals surface area (Å²) in [7, 11) is 0. The highest BCUT2D eigenvalue weighted by Gasteiger charge is 2.20. The van der Waals surface area contributed by atoms with Crippen LogP contribution >= 0.6 is 11.3 Å². The van der Waals surface area contributed by atoms with Crippen LogP contribution in [0.25, 0.3) is 11.0 Å². The maximum Gasteiger partial charge on any atom is 0.237 e. The van der Waals surface area contributed by atoms with Crippen LogP contribution in [-0.4, -0.2) is 29.7 Å². The minimum atomic E-state index is -0.719. The van der Waals surface area contributed by atoms with Gasteiger partial charge in [0.05, 0.1) is 18.7 Å². The fourth-order valence-corrected chi connectivity index (χ4v) is 3.37. The summed E-state index contributed by atoms with van der Waals surface area (Å²) >= 11 is 1.60. The van der Waals surface area contributed by atoms with Crippen molar-refractivity contribution in [1.82, 2.24) is 5.32 Å². The van der Waals surface area contributed by atoms with E-state index in [1.807, 2.05) is 47.8 Å². The molecule has 126 valence electrons. The third-order valence-corrected chi connectivity index (χ3v) is 4.73. The van der Waals surface area contributed by atoms with Crippen molar-refractivity contribution in [2.75, 3.05) is 6.61 Å². The number of aliphatic hydroxyl groups excluding tert-OH is 1. The summed E-state index contributed by atoms with van der Waals surface area (Å²) < 4.78 is 5.70. The van der Waals surface area contributed by atoms with E-state index in [0.29, 0.717) is 18.6 Å². The Morgan fingerprint density at radius 2 is 2.08 bits per heavy atom. The number of amides is 1. The predicted octanol–water partition coefficient (Wildman–Crippen LogP) is 2.08. The van der Waals surface area contributed by atoms with Gasteiger partial charge in [0.15, 0.2) is 0 Å². The maximum atomic E-state index is 12.3. The van der Waals surface area contributed by atoms with Crippen molar-refractivity contribution < 1.29 is 14.3 Å². The van der Waals surface area contributed by atoms with Gasteiger partial charge in [0.25, 0.3) is 0 Å². The van der Waals surface area contributed by atoms with Crippen molar-refractivity contribution >= 4 is 28.2 Å². The molecule has 0 bridgehead atoms. The first-order chi connectivity index (χ1) is 11.7. The summed E-state index contributed by atoms with van der Waals surface area (Å²) in [5, 5.41) is 15.2. The van der Waals surface area contributed by atoms with E-state index in [4.69, 9.17) is 10.2 Å². The smallest absolute Gasteiger partial charge is 0.237 e. The predicted molar refractivity (Wildman–Crippen MR) is 94.9 cm³/mol. The van der Waals surface area contributed by atoms with E-state index in [-0.39, 0.29) is 18.6 Å². The zero-order valence-electron chi connectivity index (χ0n) is 13.1. The highest BCUT2D eigenvalue weighted by molar-refractivity contribution is 7.09. The lowest BCUT2D eigenvalue weighted by Crippen LogP contribution is -2.48. The molecule has 4 N–H and O–H groups in total. The van der Waals surface area contributed by atoms with E-state index >= 15 is 0 Å². The number of hydrogen-bond acceptors (Lipinski definition) is 5. The molecule has 2 unspecified atom stereocenters. The van der Waals surface area contributed by atoms with Crippen LogP contribution < -0.4 is 11.1 Å². The first-order valence-electron chi connectivity index (χ1n) is 7.82. The highest BCUT2D eigenvalue weighted by Crippen LogP contribution is 2.19. The summed E-state index contributed by atoms with van der Waals surface area (Å²) in [5.74, 6) is 0.392. The maximum absolute atomic E-state index is 12.3. The molecule has 0 spiro atoms. The van der Waals surface area contributed by atoms with Gasteiger partial charge in [0.2, 0.25) is 5.91 Å². The minimum absolute atomic E-state index is 0.124. The molecule has 1 aromatic carbocycles. The van der Waals surface area contributed by atoms with E-state index < -0.39 is 6.04 Å². The molecule has 2 aromatic heterocycles. The molecule has 2 heterocycles. The van der Waals surface area contributed by atoms with Crippen LogP contribution in [0.4, 0.5) is 0 Å². The van der Waals surface area contributed by atoms with Crippen molar-refractivity contribution in [2.45, 2.75) is 24.9 Å². The lowest BCUT2D eigenvalue weighted by atomic mass is 10.1. The SMILES string of the molecule is NC(Cc1cc2ccccc2o1)C(=O)NC(CO)Cc1cccs1. The molecule has 3 rings (SSSR count). The fourth-order valence-electron chi connectivity index (χ4n) is 2.59. The van der Waals surface area contributed by atoms with Gasteiger partial charge in [0.1, 0.15) is 11.3 Å². The summed E-state index contributed by atoms with van der Waals surface area (Å²) in [6, 6.07) is 12.4. The average Bonchev–Trinajstić information content (AvgIpc) is 3.22. The van der Waals surface area contributed by atoms with Crippen LogP contribution in [0.5, 0.6) is 0 Å². The molecule has 5 nitrogen and oxygen atoms in total. The lowest BCUT2D eigenvalue weighted by Gasteiger charge is -2.18. The Bertz CT molecular complexity index is 765. The van der Waals surface area contributed by atoms with Crippen molar-refractivity contribution in [2.24, 2.45) is 5.73 Å². The number of nitrogens with one attached hydrogen (secondary N) is 1. The van der Waals surface area contributed by atoms with Gasteiger partial charge in [-0.3, -0.25) is 4.79 Å². The van der Waals surface area contributed by atoms with E-state index in [1.54, 1.807) is 11.3 Å². The van der Waals surface area contributed by atoms with Gasteiger partial charge in [-0.15, -0.1) is 11.3 Å². The number of aliphatic hydroxyl groups is 1. The number of para-hydroxylation sites is 1. The Labute approximate surface area is 144 Å². The molecule has 1 amide bonds. The molecule has 0 fully saturated rings. The van der Waals surface area contributed by atoms with E-state index in [9.17, 15) is 9.90 Å². The third-order valence-electron chi connectivity index (χ3n) is 3.83. The fraction of sp³-hybridized carbons (Fsp3) is 0.278. The number of rotatable bonds is 7. The van der Waals surface area contributed by atoms with Crippen LogP contribution in [0.15, 0.2) is 52.3 Å². The Balaban J connectivity index is 1.59. The number of carbonyl (C=O) groups is 1. The van der Waals surface area contributed by atoms with E-state index in [2.05, 4.69) is 5.32 Å². The van der Waals surface area contributed by atoms with Gasteiger partial charge in [-0.25, -0.2) is 0 Å². The van der Waals surface area contributed by atoms with Gasteiger partial charge < -0.3 is 20.6 Å². The van der Waals surface area contributed by atoms with E-state index in [0.717, 1.165) is 15.8 Å². The number of fused-ring (bicyclic) bond motifs is 1. The molecule has 0 saturated heterocycles. The molecule has 6 heteroatoms. The average molecular weight is 344 g/mol. The Hall–Kier alpha value is -2.15. The summed E-state index contributed by atoms with van der Waals surface area (Å²) in [6.07, 6.45) is 0.912. The second-order valence-corrected chi connectivity index (χ2v) is 6.76. The van der Waals surface area contributed by atoms with Crippen LogP contribution in [0.2, 0.25) is 0 Å². The molecule has 2 atom stereocenters. The Morgan fingerprint density at radius 3 is 2.79 bits per heavy atom. The van der Waals surface area contributed by atoms with Gasteiger partial charge >= 0.3 is 0 Å².